The Morgan fingerprint density at radius 2 is 2.04 bits per heavy atom. The smallest absolute Gasteiger partial charge is 0.338 e. The molecule has 0 spiro atoms. The van der Waals surface area contributed by atoms with Crippen LogP contribution < -0.4 is 5.32 Å². The summed E-state index contributed by atoms with van der Waals surface area (Å²) in [6.07, 6.45) is 0. The minimum absolute atomic E-state index is 0.123. The second-order valence-corrected chi connectivity index (χ2v) is 6.09. The summed E-state index contributed by atoms with van der Waals surface area (Å²) in [6, 6.07) is 4.40. The minimum Gasteiger partial charge on any atom is -0.460 e. The number of methoxy groups -OCH3 is 1. The van der Waals surface area contributed by atoms with Crippen molar-refractivity contribution < 1.29 is 14.3 Å². The van der Waals surface area contributed by atoms with Gasteiger partial charge in [-0.15, -0.1) is 0 Å². The zero-order valence-electron chi connectivity index (χ0n) is 13.5. The third-order valence-corrected chi connectivity index (χ3v) is 4.39. The summed E-state index contributed by atoms with van der Waals surface area (Å²) in [6.45, 7) is 2.15. The number of nitrogens with one attached hydrogen (secondary N) is 1. The molecule has 1 aliphatic heterocycles. The molecule has 25 heavy (non-hydrogen) atoms. The Hall–Kier alpha value is -2.16. The number of ether oxygens (including phenoxy) is 2. The van der Waals surface area contributed by atoms with Crippen molar-refractivity contribution in [2.75, 3.05) is 25.6 Å². The number of anilines is 1. The molecule has 10 heteroatoms. The number of halogens is 2. The van der Waals surface area contributed by atoms with Crippen molar-refractivity contribution in [3.63, 3.8) is 0 Å². The van der Waals surface area contributed by atoms with Gasteiger partial charge in [-0.25, -0.2) is 4.79 Å². The van der Waals surface area contributed by atoms with Crippen LogP contribution in [0.3, 0.4) is 0 Å². The zero-order chi connectivity index (χ0) is 18.0. The number of benzene rings is 1. The van der Waals surface area contributed by atoms with Gasteiger partial charge in [-0.05, 0) is 29.5 Å². The third-order valence-electron chi connectivity index (χ3n) is 3.73. The lowest BCUT2D eigenvalue weighted by molar-refractivity contribution is -0.140. The molecule has 3 rings (SSSR count). The maximum atomic E-state index is 12.7. The molecule has 0 aliphatic carbocycles. The van der Waals surface area contributed by atoms with E-state index >= 15 is 0 Å². The molecular weight excluding hydrogens is 369 g/mol. The fraction of sp³-hybridized carbons (Fsp3) is 0.333. The van der Waals surface area contributed by atoms with E-state index in [1.807, 2.05) is 0 Å². The first kappa shape index (κ1) is 17.7. The fourth-order valence-electron chi connectivity index (χ4n) is 2.61. The van der Waals surface area contributed by atoms with E-state index < -0.39 is 12.0 Å². The van der Waals surface area contributed by atoms with E-state index in [9.17, 15) is 4.79 Å². The zero-order valence-corrected chi connectivity index (χ0v) is 15.0. The molecule has 0 fully saturated rings. The summed E-state index contributed by atoms with van der Waals surface area (Å²) < 4.78 is 11.6. The van der Waals surface area contributed by atoms with Gasteiger partial charge in [0.25, 0.3) is 0 Å². The molecule has 1 N–H and O–H groups in total. The maximum absolute atomic E-state index is 12.7. The number of nitrogens with zero attached hydrogens (tertiary/aromatic N) is 4. The van der Waals surface area contributed by atoms with Crippen LogP contribution in [-0.4, -0.2) is 46.5 Å². The summed E-state index contributed by atoms with van der Waals surface area (Å²) in [5, 5.41) is 15.3. The van der Waals surface area contributed by atoms with Gasteiger partial charge in [0, 0.05) is 28.4 Å². The predicted octanol–water partition coefficient (Wildman–Crippen LogP) is 2.46. The lowest BCUT2D eigenvalue weighted by Crippen LogP contribution is -2.30. The molecule has 0 amide bonds. The first-order valence-electron chi connectivity index (χ1n) is 7.40. The lowest BCUT2D eigenvalue weighted by Gasteiger charge is -2.28. The molecule has 2 aromatic rings. The Labute approximate surface area is 153 Å². The van der Waals surface area contributed by atoms with Crippen LogP contribution in [-0.2, 0) is 14.3 Å². The Morgan fingerprint density at radius 3 is 2.72 bits per heavy atom. The van der Waals surface area contributed by atoms with E-state index in [2.05, 4.69) is 20.8 Å². The van der Waals surface area contributed by atoms with Gasteiger partial charge < -0.3 is 14.8 Å². The van der Waals surface area contributed by atoms with Crippen LogP contribution in [0.2, 0.25) is 10.0 Å². The standard InChI is InChI=1S/C15H15Cl2N5O3/c1-8-11(14(23)25-7-6-24-2)13(22-15(18-8)19-20-21-22)12-9(16)4-3-5-10(12)17/h3-5,13H,6-7H2,1-2H3,(H,18,19,21)/t13-/m0/s1. The number of carbonyl (C=O) groups excluding carboxylic acids is 1. The summed E-state index contributed by atoms with van der Waals surface area (Å²) in [7, 11) is 1.53. The number of carbonyl (C=O) groups is 1. The van der Waals surface area contributed by atoms with Crippen LogP contribution in [0.1, 0.15) is 18.5 Å². The second-order valence-electron chi connectivity index (χ2n) is 5.28. The van der Waals surface area contributed by atoms with Crippen LogP contribution >= 0.6 is 23.2 Å². The Balaban J connectivity index is 2.09. The van der Waals surface area contributed by atoms with Gasteiger partial charge in [0.2, 0.25) is 5.95 Å². The normalized spacial score (nSPS) is 16.4. The highest BCUT2D eigenvalue weighted by Gasteiger charge is 2.37. The summed E-state index contributed by atoms with van der Waals surface area (Å²) >= 11 is 12.7. The topological polar surface area (TPSA) is 91.2 Å². The molecule has 0 bridgehead atoms. The number of esters is 1. The van der Waals surface area contributed by atoms with Crippen LogP contribution in [0, 0.1) is 0 Å². The summed E-state index contributed by atoms with van der Waals surface area (Å²) in [5.41, 5.74) is 1.41. The van der Waals surface area contributed by atoms with E-state index in [-0.39, 0.29) is 6.61 Å². The third kappa shape index (κ3) is 3.33. The number of allylic oxidation sites excluding steroid dienone is 1. The number of rotatable bonds is 5. The second kappa shape index (κ2) is 7.38. The highest BCUT2D eigenvalue weighted by Crippen LogP contribution is 2.41. The van der Waals surface area contributed by atoms with E-state index in [0.29, 0.717) is 39.4 Å². The number of hydrogen-bond donors (Lipinski definition) is 1. The molecule has 2 heterocycles. The van der Waals surface area contributed by atoms with Gasteiger partial charge in [0.15, 0.2) is 0 Å². The Morgan fingerprint density at radius 1 is 1.32 bits per heavy atom. The van der Waals surface area contributed by atoms with Crippen LogP contribution in [0.5, 0.6) is 0 Å². The number of hydrogen-bond acceptors (Lipinski definition) is 7. The van der Waals surface area contributed by atoms with Gasteiger partial charge in [0.05, 0.1) is 12.2 Å². The van der Waals surface area contributed by atoms with Crippen molar-refractivity contribution in [3.8, 4) is 0 Å². The van der Waals surface area contributed by atoms with E-state index in [4.69, 9.17) is 32.7 Å². The Bertz CT molecular complexity index is 816. The van der Waals surface area contributed by atoms with Crippen molar-refractivity contribution in [1.82, 2.24) is 20.2 Å². The van der Waals surface area contributed by atoms with Gasteiger partial charge in [0.1, 0.15) is 12.6 Å². The van der Waals surface area contributed by atoms with E-state index in [0.717, 1.165) is 0 Å². The van der Waals surface area contributed by atoms with E-state index in [1.165, 1.54) is 11.8 Å². The number of aromatic nitrogens is 4. The number of fused-ring (bicyclic) bond motifs is 1. The molecule has 0 radical (unpaired) electrons. The van der Waals surface area contributed by atoms with Gasteiger partial charge in [-0.2, -0.15) is 4.68 Å². The SMILES string of the molecule is COCCOC(=O)C1=C(C)Nc2nnnn2[C@@H]1c1c(Cl)cccc1Cl. The molecule has 0 saturated carbocycles. The molecule has 0 saturated heterocycles. The van der Waals surface area contributed by atoms with Crippen LogP contribution in [0.15, 0.2) is 29.5 Å². The van der Waals surface area contributed by atoms with Crippen molar-refractivity contribution in [1.29, 1.82) is 0 Å². The van der Waals surface area contributed by atoms with Gasteiger partial charge in [-0.1, -0.05) is 34.4 Å². The van der Waals surface area contributed by atoms with Crippen molar-refractivity contribution in [2.45, 2.75) is 13.0 Å². The first-order valence-corrected chi connectivity index (χ1v) is 8.15. The number of tetrazole rings is 1. The predicted molar refractivity (Wildman–Crippen MR) is 91.6 cm³/mol. The Kier molecular flexibility index (Phi) is 5.22. The van der Waals surface area contributed by atoms with Gasteiger partial charge in [-0.3, -0.25) is 0 Å². The average molecular weight is 384 g/mol. The maximum Gasteiger partial charge on any atom is 0.338 e. The quantitative estimate of drug-likeness (QED) is 0.626. The molecule has 1 aromatic heterocycles. The highest BCUT2D eigenvalue weighted by atomic mass is 35.5. The van der Waals surface area contributed by atoms with Crippen molar-refractivity contribution in [2.24, 2.45) is 0 Å². The minimum atomic E-state index is -0.706. The average Bonchev–Trinajstić information content (AvgIpc) is 3.02. The molecule has 1 atom stereocenters. The van der Waals surface area contributed by atoms with Crippen molar-refractivity contribution >= 4 is 35.1 Å². The lowest BCUT2D eigenvalue weighted by atomic mass is 9.95. The fourth-order valence-corrected chi connectivity index (χ4v) is 3.22. The van der Waals surface area contributed by atoms with Crippen molar-refractivity contribution in [3.05, 3.63) is 45.1 Å². The largest absolute Gasteiger partial charge is 0.460 e. The van der Waals surface area contributed by atoms with Crippen LogP contribution in [0.25, 0.3) is 0 Å². The summed E-state index contributed by atoms with van der Waals surface area (Å²) in [4.78, 5) is 12.7. The highest BCUT2D eigenvalue weighted by molar-refractivity contribution is 6.36. The molecule has 1 aliphatic rings. The summed E-state index contributed by atoms with van der Waals surface area (Å²) in [5.74, 6) is -0.142. The molecule has 1 aromatic carbocycles. The van der Waals surface area contributed by atoms with Crippen LogP contribution in [0.4, 0.5) is 5.95 Å². The van der Waals surface area contributed by atoms with E-state index in [1.54, 1.807) is 25.1 Å². The molecular formula is C15H15Cl2N5O3. The molecule has 0 unspecified atom stereocenters. The monoisotopic (exact) mass is 383 g/mol. The first-order chi connectivity index (χ1) is 12.0. The molecule has 8 nitrogen and oxygen atoms in total. The molecule has 132 valence electrons. The van der Waals surface area contributed by atoms with Gasteiger partial charge >= 0.3 is 5.97 Å².